The highest BCUT2D eigenvalue weighted by molar-refractivity contribution is 5.45. The van der Waals surface area contributed by atoms with Gasteiger partial charge in [0.2, 0.25) is 0 Å². The van der Waals surface area contributed by atoms with Gasteiger partial charge in [-0.15, -0.1) is 0 Å². The summed E-state index contributed by atoms with van der Waals surface area (Å²) in [6, 6.07) is 0. The Labute approximate surface area is 93.6 Å². The van der Waals surface area contributed by atoms with Crippen molar-refractivity contribution in [2.45, 2.75) is 37.6 Å². The number of nitrogens with two attached hydrogens (primary N) is 1. The van der Waals surface area contributed by atoms with Crippen LogP contribution in [0.25, 0.3) is 0 Å². The summed E-state index contributed by atoms with van der Waals surface area (Å²) in [6.45, 7) is 3.83. The normalized spacial score (nSPS) is 18.5. The molecule has 6 heteroatoms. The van der Waals surface area contributed by atoms with Crippen LogP contribution in [0.5, 0.6) is 0 Å². The van der Waals surface area contributed by atoms with Gasteiger partial charge in [-0.2, -0.15) is 5.10 Å². The van der Waals surface area contributed by atoms with E-state index in [2.05, 4.69) is 5.10 Å². The van der Waals surface area contributed by atoms with E-state index in [1.165, 1.54) is 6.20 Å². The Morgan fingerprint density at radius 3 is 2.56 bits per heavy atom. The van der Waals surface area contributed by atoms with Crippen LogP contribution in [0.2, 0.25) is 0 Å². The maximum Gasteiger partial charge on any atom is 0.310 e. The van der Waals surface area contributed by atoms with Gasteiger partial charge in [0, 0.05) is 18.0 Å². The lowest BCUT2D eigenvalue weighted by Crippen LogP contribution is -2.46. The molecule has 1 aliphatic rings. The van der Waals surface area contributed by atoms with Crippen LogP contribution in [0.1, 0.15) is 32.4 Å². The predicted molar refractivity (Wildman–Crippen MR) is 59.0 cm³/mol. The van der Waals surface area contributed by atoms with Crippen molar-refractivity contribution in [3.05, 3.63) is 22.0 Å². The van der Waals surface area contributed by atoms with Crippen molar-refractivity contribution in [1.29, 1.82) is 0 Å². The molecule has 1 aromatic heterocycles. The van der Waals surface area contributed by atoms with Crippen molar-refractivity contribution in [2.75, 3.05) is 0 Å². The Morgan fingerprint density at radius 1 is 1.62 bits per heavy atom. The molecular formula is C10H16N4O2. The molecule has 1 heterocycles. The molecule has 2 rings (SSSR count). The van der Waals surface area contributed by atoms with Gasteiger partial charge in [0.15, 0.2) is 0 Å². The van der Waals surface area contributed by atoms with E-state index in [1.807, 2.05) is 13.8 Å². The summed E-state index contributed by atoms with van der Waals surface area (Å²) in [4.78, 5) is 10.6. The van der Waals surface area contributed by atoms with E-state index >= 15 is 0 Å². The molecule has 6 nitrogen and oxygen atoms in total. The third kappa shape index (κ3) is 1.33. The van der Waals surface area contributed by atoms with Gasteiger partial charge in [-0.05, 0) is 26.7 Å². The number of nitro groups is 1. The first kappa shape index (κ1) is 11.1. The second-order valence-electron chi connectivity index (χ2n) is 5.06. The van der Waals surface area contributed by atoms with E-state index in [-0.39, 0.29) is 16.0 Å². The summed E-state index contributed by atoms with van der Waals surface area (Å²) >= 11 is 0. The van der Waals surface area contributed by atoms with Crippen LogP contribution in [0.4, 0.5) is 5.69 Å². The number of aryl methyl sites for hydroxylation is 1. The maximum atomic E-state index is 10.9. The molecular weight excluding hydrogens is 208 g/mol. The second kappa shape index (κ2) is 3.04. The molecule has 88 valence electrons. The Bertz CT molecular complexity index is 440. The first-order valence-corrected chi connectivity index (χ1v) is 5.25. The van der Waals surface area contributed by atoms with E-state index < -0.39 is 5.54 Å². The fourth-order valence-electron chi connectivity index (χ4n) is 2.43. The Balaban J connectivity index is 2.57. The van der Waals surface area contributed by atoms with Crippen LogP contribution >= 0.6 is 0 Å². The molecule has 0 unspecified atom stereocenters. The minimum Gasteiger partial charge on any atom is -0.325 e. The third-order valence-electron chi connectivity index (χ3n) is 3.55. The average molecular weight is 224 g/mol. The zero-order valence-corrected chi connectivity index (χ0v) is 9.73. The molecule has 0 saturated heterocycles. The number of nitrogens with zero attached hydrogens (tertiary/aromatic N) is 3. The van der Waals surface area contributed by atoms with E-state index in [0.717, 1.165) is 12.8 Å². The van der Waals surface area contributed by atoms with Gasteiger partial charge in [-0.1, -0.05) is 0 Å². The highest BCUT2D eigenvalue weighted by atomic mass is 16.6. The first-order valence-electron chi connectivity index (χ1n) is 5.25. The molecule has 16 heavy (non-hydrogen) atoms. The molecule has 0 aromatic carbocycles. The molecule has 1 fully saturated rings. The van der Waals surface area contributed by atoms with Crippen LogP contribution in [-0.2, 0) is 12.5 Å². The SMILES string of the molecule is Cn1ncc([N+](=O)[O-])c1C1(C(C)(C)N)CC1. The fraction of sp³-hybridized carbons (Fsp3) is 0.700. The highest BCUT2D eigenvalue weighted by Gasteiger charge is 2.58. The lowest BCUT2D eigenvalue weighted by Gasteiger charge is -2.30. The molecule has 0 aliphatic heterocycles. The average Bonchev–Trinajstić information content (AvgIpc) is 2.84. The van der Waals surface area contributed by atoms with Crippen molar-refractivity contribution >= 4 is 5.69 Å². The molecule has 1 saturated carbocycles. The highest BCUT2D eigenvalue weighted by Crippen LogP contribution is 2.56. The fourth-order valence-corrected chi connectivity index (χ4v) is 2.43. The summed E-state index contributed by atoms with van der Waals surface area (Å²) in [5.74, 6) is 0. The maximum absolute atomic E-state index is 10.9. The van der Waals surface area contributed by atoms with Crippen LogP contribution in [0.3, 0.4) is 0 Å². The van der Waals surface area contributed by atoms with Crippen LogP contribution in [0.15, 0.2) is 6.20 Å². The molecule has 2 N–H and O–H groups in total. The molecule has 0 amide bonds. The first-order chi connectivity index (χ1) is 7.29. The number of aromatic nitrogens is 2. The van der Waals surface area contributed by atoms with Gasteiger partial charge in [0.05, 0.1) is 4.92 Å². The number of hydrogen-bond donors (Lipinski definition) is 1. The summed E-state index contributed by atoms with van der Waals surface area (Å²) < 4.78 is 1.58. The van der Waals surface area contributed by atoms with Gasteiger partial charge < -0.3 is 5.73 Å². The summed E-state index contributed by atoms with van der Waals surface area (Å²) in [6.07, 6.45) is 3.08. The molecule has 0 spiro atoms. The Kier molecular flexibility index (Phi) is 2.10. The van der Waals surface area contributed by atoms with E-state index in [9.17, 15) is 10.1 Å². The smallest absolute Gasteiger partial charge is 0.310 e. The zero-order valence-electron chi connectivity index (χ0n) is 9.73. The number of rotatable bonds is 3. The standard InChI is InChI=1S/C10H16N4O2/c1-9(2,11)10(4-5-10)8-7(14(15)16)6-12-13(8)3/h6H,4-5,11H2,1-3H3. The minimum absolute atomic E-state index is 0.0820. The lowest BCUT2D eigenvalue weighted by molar-refractivity contribution is -0.386. The van der Waals surface area contributed by atoms with Gasteiger partial charge >= 0.3 is 5.69 Å². The van der Waals surface area contributed by atoms with Crippen LogP contribution < -0.4 is 5.73 Å². The quantitative estimate of drug-likeness (QED) is 0.615. The molecule has 0 bridgehead atoms. The summed E-state index contributed by atoms with van der Waals surface area (Å²) in [7, 11) is 1.73. The van der Waals surface area contributed by atoms with Crippen molar-refractivity contribution < 1.29 is 4.92 Å². The van der Waals surface area contributed by atoms with E-state index in [1.54, 1.807) is 11.7 Å². The van der Waals surface area contributed by atoms with E-state index in [0.29, 0.717) is 5.69 Å². The Morgan fingerprint density at radius 2 is 2.19 bits per heavy atom. The predicted octanol–water partition coefficient (Wildman–Crippen LogP) is 1.10. The van der Waals surface area contributed by atoms with Crippen molar-refractivity contribution in [3.63, 3.8) is 0 Å². The minimum atomic E-state index is -0.467. The summed E-state index contributed by atoms with van der Waals surface area (Å²) in [5.41, 5.74) is 6.12. The topological polar surface area (TPSA) is 87.0 Å². The van der Waals surface area contributed by atoms with Crippen LogP contribution in [0, 0.1) is 10.1 Å². The van der Waals surface area contributed by atoms with E-state index in [4.69, 9.17) is 5.73 Å². The molecule has 0 atom stereocenters. The second-order valence-corrected chi connectivity index (χ2v) is 5.06. The molecule has 1 aromatic rings. The van der Waals surface area contributed by atoms with Gasteiger partial charge in [-0.3, -0.25) is 14.8 Å². The van der Waals surface area contributed by atoms with Gasteiger partial charge in [0.25, 0.3) is 0 Å². The van der Waals surface area contributed by atoms with Crippen molar-refractivity contribution in [2.24, 2.45) is 12.8 Å². The molecule has 0 radical (unpaired) electrons. The largest absolute Gasteiger partial charge is 0.325 e. The summed E-state index contributed by atoms with van der Waals surface area (Å²) in [5, 5.41) is 14.9. The van der Waals surface area contributed by atoms with Gasteiger partial charge in [-0.25, -0.2) is 0 Å². The zero-order chi connectivity index (χ0) is 12.1. The monoisotopic (exact) mass is 224 g/mol. The lowest BCUT2D eigenvalue weighted by atomic mass is 9.81. The van der Waals surface area contributed by atoms with Crippen molar-refractivity contribution in [3.8, 4) is 0 Å². The van der Waals surface area contributed by atoms with Gasteiger partial charge in [0.1, 0.15) is 11.9 Å². The van der Waals surface area contributed by atoms with Crippen LogP contribution in [-0.4, -0.2) is 20.2 Å². The molecule has 1 aliphatic carbocycles. The number of hydrogen-bond acceptors (Lipinski definition) is 4. The third-order valence-corrected chi connectivity index (χ3v) is 3.55. The van der Waals surface area contributed by atoms with Crippen molar-refractivity contribution in [1.82, 2.24) is 9.78 Å². The Hall–Kier alpha value is -1.43.